The summed E-state index contributed by atoms with van der Waals surface area (Å²) in [6.45, 7) is 7.42. The lowest BCUT2D eigenvalue weighted by atomic mass is 10.3. The molecule has 0 aliphatic carbocycles. The van der Waals surface area contributed by atoms with Crippen LogP contribution >= 0.6 is 11.6 Å². The summed E-state index contributed by atoms with van der Waals surface area (Å²) in [7, 11) is 0. The third kappa shape index (κ3) is 5.38. The molecule has 0 aromatic carbocycles. The molecule has 0 unspecified atom stereocenters. The highest BCUT2D eigenvalue weighted by Gasteiger charge is 1.76. The van der Waals surface area contributed by atoms with Crippen molar-refractivity contribution in [3.05, 3.63) is 35.4 Å². The molecule has 0 saturated heterocycles. The fraction of sp³-hybridized carbons (Fsp3) is 0.250. The molecule has 0 bridgehead atoms. The van der Waals surface area contributed by atoms with Gasteiger partial charge in [0.25, 0.3) is 0 Å². The van der Waals surface area contributed by atoms with Gasteiger partial charge >= 0.3 is 0 Å². The SMILES string of the molecule is C=CC(C)=CC=C(C)Cl. The van der Waals surface area contributed by atoms with E-state index in [0.29, 0.717) is 0 Å². The molecule has 0 saturated carbocycles. The van der Waals surface area contributed by atoms with Gasteiger partial charge in [-0.1, -0.05) is 35.9 Å². The fourth-order valence-corrected chi connectivity index (χ4v) is 0.377. The average Bonchev–Trinajstić information content (AvgIpc) is 1.83. The van der Waals surface area contributed by atoms with Crippen LogP contribution in [0.2, 0.25) is 0 Å². The molecule has 0 aliphatic heterocycles. The molecule has 9 heavy (non-hydrogen) atoms. The van der Waals surface area contributed by atoms with Crippen LogP contribution in [0.15, 0.2) is 35.4 Å². The van der Waals surface area contributed by atoms with Crippen LogP contribution in [0.5, 0.6) is 0 Å². The van der Waals surface area contributed by atoms with Gasteiger partial charge in [0, 0.05) is 5.03 Å². The summed E-state index contributed by atoms with van der Waals surface area (Å²) in [5, 5.41) is 0.788. The summed E-state index contributed by atoms with van der Waals surface area (Å²) in [5.41, 5.74) is 1.12. The van der Waals surface area contributed by atoms with Crippen molar-refractivity contribution in [2.75, 3.05) is 0 Å². The molecular formula is C8H11Cl. The number of hydrogen-bond donors (Lipinski definition) is 0. The molecule has 0 nitrogen and oxygen atoms in total. The molecule has 0 fully saturated rings. The normalized spacial score (nSPS) is 13.7. The minimum absolute atomic E-state index is 0.788. The Bertz CT molecular complexity index is 148. The molecule has 0 radical (unpaired) electrons. The Hall–Kier alpha value is -0.490. The van der Waals surface area contributed by atoms with E-state index in [-0.39, 0.29) is 0 Å². The highest BCUT2D eigenvalue weighted by molar-refractivity contribution is 6.29. The lowest BCUT2D eigenvalue weighted by Crippen LogP contribution is -1.63. The smallest absolute Gasteiger partial charge is 0.0150 e. The predicted octanol–water partition coefficient (Wildman–Crippen LogP) is 3.26. The van der Waals surface area contributed by atoms with Gasteiger partial charge < -0.3 is 0 Å². The zero-order valence-corrected chi connectivity index (χ0v) is 6.57. The van der Waals surface area contributed by atoms with E-state index in [1.54, 1.807) is 6.08 Å². The summed E-state index contributed by atoms with van der Waals surface area (Å²) in [6.07, 6.45) is 5.56. The van der Waals surface area contributed by atoms with E-state index in [9.17, 15) is 0 Å². The molecule has 0 aliphatic rings. The van der Waals surface area contributed by atoms with Crippen LogP contribution in [0.1, 0.15) is 13.8 Å². The van der Waals surface area contributed by atoms with Crippen molar-refractivity contribution in [2.45, 2.75) is 13.8 Å². The van der Waals surface area contributed by atoms with Crippen molar-refractivity contribution in [2.24, 2.45) is 0 Å². The van der Waals surface area contributed by atoms with Crippen LogP contribution in [0.25, 0.3) is 0 Å². The van der Waals surface area contributed by atoms with Crippen LogP contribution < -0.4 is 0 Å². The highest BCUT2D eigenvalue weighted by atomic mass is 35.5. The fourth-order valence-electron chi connectivity index (χ4n) is 0.314. The van der Waals surface area contributed by atoms with Crippen molar-refractivity contribution in [1.29, 1.82) is 0 Å². The van der Waals surface area contributed by atoms with E-state index in [1.165, 1.54) is 0 Å². The first kappa shape index (κ1) is 8.51. The first-order chi connectivity index (χ1) is 4.16. The van der Waals surface area contributed by atoms with E-state index >= 15 is 0 Å². The zero-order chi connectivity index (χ0) is 7.28. The van der Waals surface area contributed by atoms with Gasteiger partial charge in [0.15, 0.2) is 0 Å². The van der Waals surface area contributed by atoms with Crippen molar-refractivity contribution in [3.63, 3.8) is 0 Å². The van der Waals surface area contributed by atoms with Crippen LogP contribution in [-0.4, -0.2) is 0 Å². The van der Waals surface area contributed by atoms with Crippen molar-refractivity contribution < 1.29 is 0 Å². The standard InChI is InChI=1S/C8H11Cl/c1-4-7(2)5-6-8(3)9/h4-6H,1H2,2-3H3. The molecule has 0 atom stereocenters. The first-order valence-electron chi connectivity index (χ1n) is 2.80. The molecule has 0 aromatic heterocycles. The first-order valence-corrected chi connectivity index (χ1v) is 3.17. The molecule has 0 N–H and O–H groups in total. The summed E-state index contributed by atoms with van der Waals surface area (Å²) < 4.78 is 0. The predicted molar refractivity (Wildman–Crippen MR) is 43.6 cm³/mol. The van der Waals surface area contributed by atoms with E-state index in [1.807, 2.05) is 26.0 Å². The average molecular weight is 143 g/mol. The molecule has 0 spiro atoms. The largest absolute Gasteiger partial charge is 0.0988 e. The second-order valence-corrected chi connectivity index (χ2v) is 2.46. The lowest BCUT2D eigenvalue weighted by molar-refractivity contribution is 1.52. The summed E-state index contributed by atoms with van der Waals surface area (Å²) in [4.78, 5) is 0. The van der Waals surface area contributed by atoms with Gasteiger partial charge in [-0.3, -0.25) is 0 Å². The Morgan fingerprint density at radius 3 is 2.22 bits per heavy atom. The Balaban J connectivity index is 3.98. The third-order valence-electron chi connectivity index (χ3n) is 0.898. The second-order valence-electron chi connectivity index (χ2n) is 1.87. The third-order valence-corrected chi connectivity index (χ3v) is 1.02. The minimum Gasteiger partial charge on any atom is -0.0988 e. The summed E-state index contributed by atoms with van der Waals surface area (Å²) in [6, 6.07) is 0. The number of halogens is 1. The maximum Gasteiger partial charge on any atom is 0.0150 e. The zero-order valence-electron chi connectivity index (χ0n) is 5.82. The Kier molecular flexibility index (Phi) is 4.16. The number of hydrogen-bond acceptors (Lipinski definition) is 0. The maximum atomic E-state index is 5.56. The van der Waals surface area contributed by atoms with Gasteiger partial charge in [0.1, 0.15) is 0 Å². The van der Waals surface area contributed by atoms with Crippen LogP contribution in [0.3, 0.4) is 0 Å². The maximum absolute atomic E-state index is 5.56. The Morgan fingerprint density at radius 2 is 1.89 bits per heavy atom. The van der Waals surface area contributed by atoms with Gasteiger partial charge in [-0.15, -0.1) is 0 Å². The lowest BCUT2D eigenvalue weighted by Gasteiger charge is -1.84. The summed E-state index contributed by atoms with van der Waals surface area (Å²) in [5.74, 6) is 0. The van der Waals surface area contributed by atoms with E-state index in [0.717, 1.165) is 10.6 Å². The van der Waals surface area contributed by atoms with Crippen molar-refractivity contribution in [1.82, 2.24) is 0 Å². The van der Waals surface area contributed by atoms with Gasteiger partial charge in [-0.2, -0.15) is 0 Å². The molecular weight excluding hydrogens is 132 g/mol. The monoisotopic (exact) mass is 142 g/mol. The Labute approximate surface area is 61.5 Å². The van der Waals surface area contributed by atoms with Crippen molar-refractivity contribution >= 4 is 11.6 Å². The number of allylic oxidation sites excluding steroid dienone is 5. The van der Waals surface area contributed by atoms with E-state index in [4.69, 9.17) is 11.6 Å². The van der Waals surface area contributed by atoms with Crippen LogP contribution in [-0.2, 0) is 0 Å². The molecule has 0 heterocycles. The van der Waals surface area contributed by atoms with Crippen molar-refractivity contribution in [3.8, 4) is 0 Å². The van der Waals surface area contributed by atoms with Gasteiger partial charge in [-0.05, 0) is 19.9 Å². The highest BCUT2D eigenvalue weighted by Crippen LogP contribution is 2.00. The molecule has 1 heteroatoms. The van der Waals surface area contributed by atoms with Gasteiger partial charge in [0.2, 0.25) is 0 Å². The Morgan fingerprint density at radius 1 is 1.33 bits per heavy atom. The van der Waals surface area contributed by atoms with Gasteiger partial charge in [0.05, 0.1) is 0 Å². The number of rotatable bonds is 2. The molecule has 0 amide bonds. The van der Waals surface area contributed by atoms with E-state index < -0.39 is 0 Å². The van der Waals surface area contributed by atoms with Crippen LogP contribution in [0.4, 0.5) is 0 Å². The molecule has 50 valence electrons. The second kappa shape index (κ2) is 4.39. The van der Waals surface area contributed by atoms with Gasteiger partial charge in [-0.25, -0.2) is 0 Å². The molecule has 0 aromatic rings. The quantitative estimate of drug-likeness (QED) is 0.520. The molecule has 0 rings (SSSR count). The summed E-state index contributed by atoms with van der Waals surface area (Å²) >= 11 is 5.56. The topological polar surface area (TPSA) is 0 Å². The van der Waals surface area contributed by atoms with E-state index in [2.05, 4.69) is 6.58 Å². The van der Waals surface area contributed by atoms with Crippen LogP contribution in [0, 0.1) is 0 Å². The minimum atomic E-state index is 0.788.